The highest BCUT2D eigenvalue weighted by Crippen LogP contribution is 2.12. The lowest BCUT2D eigenvalue weighted by Crippen LogP contribution is -2.06. The Labute approximate surface area is 84.6 Å². The molecule has 0 heterocycles. The number of hydrogen-bond acceptors (Lipinski definition) is 2. The lowest BCUT2D eigenvalue weighted by atomic mass is 10.1. The van der Waals surface area contributed by atoms with Crippen molar-refractivity contribution < 1.29 is 9.90 Å². The van der Waals surface area contributed by atoms with Crippen molar-refractivity contribution in [3.63, 3.8) is 0 Å². The van der Waals surface area contributed by atoms with E-state index in [1.54, 1.807) is 18.2 Å². The van der Waals surface area contributed by atoms with Crippen LogP contribution in [0.5, 0.6) is 0 Å². The third-order valence-corrected chi connectivity index (χ3v) is 1.69. The van der Waals surface area contributed by atoms with Gasteiger partial charge in [0.15, 0.2) is 0 Å². The summed E-state index contributed by atoms with van der Waals surface area (Å²) in [5.41, 5.74) is 5.97. The largest absolute Gasteiger partial charge is 0.478 e. The fraction of sp³-hybridized carbons (Fsp3) is 0.364. The van der Waals surface area contributed by atoms with Crippen molar-refractivity contribution in [1.29, 1.82) is 0 Å². The van der Waals surface area contributed by atoms with Crippen LogP contribution in [0, 0.1) is 5.92 Å². The van der Waals surface area contributed by atoms with E-state index in [4.69, 9.17) is 10.8 Å². The monoisotopic (exact) mass is 195 g/mol. The van der Waals surface area contributed by atoms with Gasteiger partial charge in [0.2, 0.25) is 0 Å². The number of carbonyl (C=O) groups is 1. The summed E-state index contributed by atoms with van der Waals surface area (Å²) in [6.45, 7) is 5.96. The fourth-order valence-corrected chi connectivity index (χ4v) is 0.948. The van der Waals surface area contributed by atoms with Gasteiger partial charge in [0.25, 0.3) is 0 Å². The highest BCUT2D eigenvalue weighted by Gasteiger charge is 2.09. The Morgan fingerprint density at radius 2 is 1.86 bits per heavy atom. The summed E-state index contributed by atoms with van der Waals surface area (Å²) in [7, 11) is 0. The lowest BCUT2D eigenvalue weighted by molar-refractivity contribution is -0.132. The van der Waals surface area contributed by atoms with Crippen LogP contribution >= 0.6 is 0 Å². The van der Waals surface area contributed by atoms with Crippen molar-refractivity contribution in [3.8, 4) is 0 Å². The molecule has 0 fully saturated rings. The predicted octanol–water partition coefficient (Wildman–Crippen LogP) is 2.07. The Bertz CT molecular complexity index is 288. The van der Waals surface area contributed by atoms with Gasteiger partial charge >= 0.3 is 5.97 Å². The van der Waals surface area contributed by atoms with Gasteiger partial charge in [0.05, 0.1) is 5.57 Å². The molecule has 0 aromatic rings. The van der Waals surface area contributed by atoms with Crippen molar-refractivity contribution in [2.75, 3.05) is 0 Å². The maximum Gasteiger partial charge on any atom is 0.337 e. The number of rotatable bonds is 1. The summed E-state index contributed by atoms with van der Waals surface area (Å²) in [5.74, 6) is -0.747. The van der Waals surface area contributed by atoms with Crippen molar-refractivity contribution in [2.45, 2.75) is 20.8 Å². The smallest absolute Gasteiger partial charge is 0.337 e. The van der Waals surface area contributed by atoms with Crippen LogP contribution in [0.25, 0.3) is 0 Å². The molecular formula is C11H17NO2. The molecule has 0 spiro atoms. The molecule has 78 valence electrons. The zero-order valence-corrected chi connectivity index (χ0v) is 8.82. The fourth-order valence-electron chi connectivity index (χ4n) is 0.948. The predicted molar refractivity (Wildman–Crippen MR) is 57.6 cm³/mol. The molecule has 1 unspecified atom stereocenters. The molecule has 0 saturated heterocycles. The topological polar surface area (TPSA) is 63.3 Å². The van der Waals surface area contributed by atoms with E-state index in [-0.39, 0.29) is 11.5 Å². The van der Waals surface area contributed by atoms with Crippen molar-refractivity contribution in [3.05, 3.63) is 35.6 Å². The van der Waals surface area contributed by atoms with E-state index in [0.717, 1.165) is 0 Å². The van der Waals surface area contributed by atoms with E-state index >= 15 is 0 Å². The normalized spacial score (nSPS) is 19.8. The molecule has 1 atom stereocenters. The van der Waals surface area contributed by atoms with E-state index in [0.29, 0.717) is 5.70 Å². The number of carboxylic acids is 1. The average Bonchev–Trinajstić information content (AvgIpc) is 2.32. The first-order chi connectivity index (χ1) is 6.61. The van der Waals surface area contributed by atoms with E-state index in [9.17, 15) is 4.79 Å². The van der Waals surface area contributed by atoms with E-state index in [1.807, 2.05) is 26.8 Å². The molecular weight excluding hydrogens is 178 g/mol. The van der Waals surface area contributed by atoms with Crippen LogP contribution in [0.3, 0.4) is 0 Å². The molecule has 0 aromatic carbocycles. The summed E-state index contributed by atoms with van der Waals surface area (Å²) in [6, 6.07) is 0. The van der Waals surface area contributed by atoms with Crippen LogP contribution in [0.4, 0.5) is 0 Å². The SMILES string of the molecule is CC.CC1C=CC(N)=C(C(=O)O)C=C1. The van der Waals surface area contributed by atoms with Gasteiger partial charge in [-0.3, -0.25) is 0 Å². The second kappa shape index (κ2) is 6.02. The number of allylic oxidation sites excluding steroid dienone is 3. The molecule has 3 heteroatoms. The Morgan fingerprint density at radius 3 is 2.36 bits per heavy atom. The Hall–Kier alpha value is -1.51. The third-order valence-electron chi connectivity index (χ3n) is 1.69. The summed E-state index contributed by atoms with van der Waals surface area (Å²) >= 11 is 0. The Balaban J connectivity index is 0.000000791. The molecule has 0 aliphatic heterocycles. The highest BCUT2D eigenvalue weighted by molar-refractivity contribution is 5.91. The Kier molecular flexibility index (Phi) is 5.37. The van der Waals surface area contributed by atoms with E-state index < -0.39 is 5.97 Å². The molecule has 0 radical (unpaired) electrons. The van der Waals surface area contributed by atoms with Crippen LogP contribution in [0.2, 0.25) is 0 Å². The minimum Gasteiger partial charge on any atom is -0.478 e. The van der Waals surface area contributed by atoms with Crippen LogP contribution in [-0.4, -0.2) is 11.1 Å². The van der Waals surface area contributed by atoms with Gasteiger partial charge in [-0.15, -0.1) is 0 Å². The first-order valence-corrected chi connectivity index (χ1v) is 4.70. The van der Waals surface area contributed by atoms with Gasteiger partial charge in [0, 0.05) is 5.70 Å². The molecule has 1 rings (SSSR count). The molecule has 0 saturated carbocycles. The van der Waals surface area contributed by atoms with Crippen LogP contribution in [-0.2, 0) is 4.79 Å². The number of aliphatic carboxylic acids is 1. The van der Waals surface area contributed by atoms with Gasteiger partial charge in [-0.25, -0.2) is 4.79 Å². The van der Waals surface area contributed by atoms with Crippen molar-refractivity contribution in [2.24, 2.45) is 11.7 Å². The minimum absolute atomic E-state index is 0.163. The summed E-state index contributed by atoms with van der Waals surface area (Å²) in [4.78, 5) is 10.6. The molecule has 0 amide bonds. The number of hydrogen-bond donors (Lipinski definition) is 2. The Morgan fingerprint density at radius 1 is 1.36 bits per heavy atom. The molecule has 3 nitrogen and oxygen atoms in total. The molecule has 1 aliphatic carbocycles. The maximum absolute atomic E-state index is 10.6. The summed E-state index contributed by atoms with van der Waals surface area (Å²) in [5, 5.41) is 8.70. The van der Waals surface area contributed by atoms with E-state index in [2.05, 4.69) is 0 Å². The first-order valence-electron chi connectivity index (χ1n) is 4.70. The van der Waals surface area contributed by atoms with Gasteiger partial charge in [-0.05, 0) is 18.1 Å². The van der Waals surface area contributed by atoms with Crippen molar-refractivity contribution >= 4 is 5.97 Å². The van der Waals surface area contributed by atoms with Crippen molar-refractivity contribution in [1.82, 2.24) is 0 Å². The summed E-state index contributed by atoms with van der Waals surface area (Å²) in [6.07, 6.45) is 6.85. The van der Waals surface area contributed by atoms with Gasteiger partial charge in [-0.1, -0.05) is 32.9 Å². The first kappa shape index (κ1) is 12.5. The lowest BCUT2D eigenvalue weighted by Gasteiger charge is -1.95. The standard InChI is InChI=1S/C9H11NO2.C2H6/c1-6-2-4-7(9(11)12)8(10)5-3-6;1-2/h2-6H,10H2,1H3,(H,11,12);1-2H3. The highest BCUT2D eigenvalue weighted by atomic mass is 16.4. The average molecular weight is 195 g/mol. The second-order valence-electron chi connectivity index (χ2n) is 2.75. The molecule has 3 N–H and O–H groups in total. The van der Waals surface area contributed by atoms with Crippen LogP contribution in [0.1, 0.15) is 20.8 Å². The summed E-state index contributed by atoms with van der Waals surface area (Å²) < 4.78 is 0. The molecule has 0 aromatic heterocycles. The third kappa shape index (κ3) is 3.47. The minimum atomic E-state index is -0.984. The number of nitrogens with two attached hydrogens (primary N) is 1. The molecule has 14 heavy (non-hydrogen) atoms. The maximum atomic E-state index is 10.6. The molecule has 1 aliphatic rings. The van der Waals surface area contributed by atoms with Crippen LogP contribution < -0.4 is 5.73 Å². The second-order valence-corrected chi connectivity index (χ2v) is 2.75. The number of carboxylic acid groups (broad SMARTS) is 1. The van der Waals surface area contributed by atoms with E-state index in [1.165, 1.54) is 0 Å². The van der Waals surface area contributed by atoms with Crippen LogP contribution in [0.15, 0.2) is 35.6 Å². The van der Waals surface area contributed by atoms with Gasteiger partial charge in [0.1, 0.15) is 0 Å². The zero-order valence-electron chi connectivity index (χ0n) is 8.82. The van der Waals surface area contributed by atoms with Gasteiger partial charge < -0.3 is 10.8 Å². The van der Waals surface area contributed by atoms with Gasteiger partial charge in [-0.2, -0.15) is 0 Å². The molecule has 0 bridgehead atoms. The quantitative estimate of drug-likeness (QED) is 0.673. The zero-order chi connectivity index (χ0) is 11.1.